The van der Waals surface area contributed by atoms with Gasteiger partial charge in [0.25, 0.3) is 0 Å². The second-order valence-electron chi connectivity index (χ2n) is 6.17. The molecule has 2 atom stereocenters. The fraction of sp³-hybridized carbons (Fsp3) is 0.556. The molecule has 116 valence electrons. The van der Waals surface area contributed by atoms with Gasteiger partial charge in [0.2, 0.25) is 0 Å². The Balaban J connectivity index is 1.89. The molecule has 0 heterocycles. The van der Waals surface area contributed by atoms with Crippen LogP contribution in [0.3, 0.4) is 0 Å². The molecule has 2 unspecified atom stereocenters. The lowest BCUT2D eigenvalue weighted by Crippen LogP contribution is -2.20. The van der Waals surface area contributed by atoms with Crippen LogP contribution in [0.5, 0.6) is 5.75 Å². The maximum Gasteiger partial charge on any atom is 0.138 e. The second kappa shape index (κ2) is 7.74. The summed E-state index contributed by atoms with van der Waals surface area (Å²) in [5.41, 5.74) is 2.59. The molecule has 1 aliphatic carbocycles. The van der Waals surface area contributed by atoms with Crippen LogP contribution in [-0.4, -0.2) is 13.2 Å². The van der Waals surface area contributed by atoms with E-state index in [4.69, 9.17) is 16.3 Å². The maximum absolute atomic E-state index is 6.26. The standard InChI is InChI=1S/C18H26ClNO/c1-4-7-21-18-6-5-16(11-17(18)19)20-12-15-9-13(2)8-14(3)10-15/h5-6,8,11,13,15,20H,4,7,9-10,12H2,1-3H3. The highest BCUT2D eigenvalue weighted by Gasteiger charge is 2.17. The summed E-state index contributed by atoms with van der Waals surface area (Å²) >= 11 is 6.26. The summed E-state index contributed by atoms with van der Waals surface area (Å²) in [6.07, 6.45) is 5.84. The molecule has 0 spiro atoms. The first-order valence-electron chi connectivity index (χ1n) is 7.92. The molecule has 0 aliphatic heterocycles. The van der Waals surface area contributed by atoms with Gasteiger partial charge in [0.15, 0.2) is 0 Å². The molecule has 21 heavy (non-hydrogen) atoms. The third-order valence-corrected chi connectivity index (χ3v) is 4.17. The van der Waals surface area contributed by atoms with Crippen LogP contribution in [0.15, 0.2) is 29.8 Å². The monoisotopic (exact) mass is 307 g/mol. The van der Waals surface area contributed by atoms with E-state index >= 15 is 0 Å². The van der Waals surface area contributed by atoms with Crippen LogP contribution in [-0.2, 0) is 0 Å². The average Bonchev–Trinajstić information content (AvgIpc) is 2.43. The first kappa shape index (κ1) is 16.2. The van der Waals surface area contributed by atoms with Crippen LogP contribution < -0.4 is 10.1 Å². The SMILES string of the molecule is CCCOc1ccc(NCC2CC(C)=CC(C)C2)cc1Cl. The lowest BCUT2D eigenvalue weighted by Gasteiger charge is -2.26. The van der Waals surface area contributed by atoms with Crippen molar-refractivity contribution in [3.63, 3.8) is 0 Å². The zero-order valence-electron chi connectivity index (χ0n) is 13.3. The predicted molar refractivity (Wildman–Crippen MR) is 91.4 cm³/mol. The highest BCUT2D eigenvalue weighted by Crippen LogP contribution is 2.30. The van der Waals surface area contributed by atoms with E-state index in [0.29, 0.717) is 23.5 Å². The van der Waals surface area contributed by atoms with Crippen molar-refractivity contribution in [2.75, 3.05) is 18.5 Å². The zero-order valence-corrected chi connectivity index (χ0v) is 14.0. The van der Waals surface area contributed by atoms with Crippen molar-refractivity contribution in [3.8, 4) is 5.75 Å². The molecule has 0 bridgehead atoms. The van der Waals surface area contributed by atoms with Gasteiger partial charge in [-0.3, -0.25) is 0 Å². The third kappa shape index (κ3) is 4.96. The number of ether oxygens (including phenoxy) is 1. The summed E-state index contributed by atoms with van der Waals surface area (Å²) in [7, 11) is 0. The van der Waals surface area contributed by atoms with Gasteiger partial charge in [-0.25, -0.2) is 0 Å². The van der Waals surface area contributed by atoms with Crippen LogP contribution in [0.2, 0.25) is 5.02 Å². The van der Waals surface area contributed by atoms with Crippen LogP contribution in [0.4, 0.5) is 5.69 Å². The smallest absolute Gasteiger partial charge is 0.138 e. The molecule has 1 aromatic rings. The van der Waals surface area contributed by atoms with Crippen LogP contribution >= 0.6 is 11.6 Å². The van der Waals surface area contributed by atoms with E-state index in [9.17, 15) is 0 Å². The number of allylic oxidation sites excluding steroid dienone is 2. The molecule has 0 saturated carbocycles. The number of nitrogens with one attached hydrogen (secondary N) is 1. The van der Waals surface area contributed by atoms with E-state index in [1.807, 2.05) is 18.2 Å². The van der Waals surface area contributed by atoms with Gasteiger partial charge in [-0.05, 0) is 56.2 Å². The van der Waals surface area contributed by atoms with Gasteiger partial charge in [0, 0.05) is 12.2 Å². The van der Waals surface area contributed by atoms with Crippen molar-refractivity contribution in [1.29, 1.82) is 0 Å². The van der Waals surface area contributed by atoms with Gasteiger partial charge < -0.3 is 10.1 Å². The summed E-state index contributed by atoms with van der Waals surface area (Å²) in [5.74, 6) is 2.17. The highest BCUT2D eigenvalue weighted by atomic mass is 35.5. The van der Waals surface area contributed by atoms with Crippen LogP contribution in [0.1, 0.15) is 40.0 Å². The summed E-state index contributed by atoms with van der Waals surface area (Å²) in [6.45, 7) is 8.33. The van der Waals surface area contributed by atoms with Crippen molar-refractivity contribution in [2.45, 2.75) is 40.0 Å². The summed E-state index contributed by atoms with van der Waals surface area (Å²) < 4.78 is 5.60. The molecule has 0 aromatic heterocycles. The number of anilines is 1. The van der Waals surface area contributed by atoms with E-state index in [1.165, 1.54) is 18.4 Å². The number of benzene rings is 1. The second-order valence-corrected chi connectivity index (χ2v) is 6.58. The van der Waals surface area contributed by atoms with E-state index in [2.05, 4.69) is 32.2 Å². The van der Waals surface area contributed by atoms with Crippen molar-refractivity contribution in [2.24, 2.45) is 11.8 Å². The molecule has 0 amide bonds. The summed E-state index contributed by atoms with van der Waals surface area (Å²) in [6, 6.07) is 5.96. The minimum atomic E-state index is 0.682. The van der Waals surface area contributed by atoms with Gasteiger partial charge in [0.05, 0.1) is 11.6 Å². The average molecular weight is 308 g/mol. The molecule has 1 aromatic carbocycles. The van der Waals surface area contributed by atoms with E-state index in [1.54, 1.807) is 0 Å². The molecule has 2 nitrogen and oxygen atoms in total. The number of halogens is 1. The molecule has 3 heteroatoms. The van der Waals surface area contributed by atoms with Crippen molar-refractivity contribution in [3.05, 3.63) is 34.9 Å². The molecule has 2 rings (SSSR count). The summed E-state index contributed by atoms with van der Waals surface area (Å²) in [4.78, 5) is 0. The fourth-order valence-electron chi connectivity index (χ4n) is 3.04. The fourth-order valence-corrected chi connectivity index (χ4v) is 3.28. The Labute approximate surface area is 133 Å². The molecule has 0 saturated heterocycles. The van der Waals surface area contributed by atoms with Crippen LogP contribution in [0, 0.1) is 11.8 Å². The normalized spacial score (nSPS) is 21.8. The Morgan fingerprint density at radius 3 is 2.86 bits per heavy atom. The molecular weight excluding hydrogens is 282 g/mol. The van der Waals surface area contributed by atoms with Gasteiger partial charge in [-0.15, -0.1) is 0 Å². The Kier molecular flexibility index (Phi) is 5.98. The minimum Gasteiger partial charge on any atom is -0.492 e. The minimum absolute atomic E-state index is 0.682. The predicted octanol–water partition coefficient (Wildman–Crippen LogP) is 5.53. The summed E-state index contributed by atoms with van der Waals surface area (Å²) in [5, 5.41) is 4.19. The van der Waals surface area contributed by atoms with Gasteiger partial charge in [-0.1, -0.05) is 37.1 Å². The Hall–Kier alpha value is -1.15. The van der Waals surface area contributed by atoms with E-state index in [0.717, 1.165) is 24.4 Å². The first-order valence-corrected chi connectivity index (χ1v) is 8.29. The number of rotatable bonds is 6. The molecular formula is C18H26ClNO. The Morgan fingerprint density at radius 1 is 1.38 bits per heavy atom. The van der Waals surface area contributed by atoms with Crippen molar-refractivity contribution < 1.29 is 4.74 Å². The molecule has 1 aliphatic rings. The number of hydrogen-bond acceptors (Lipinski definition) is 2. The topological polar surface area (TPSA) is 21.3 Å². The van der Waals surface area contributed by atoms with Crippen LogP contribution in [0.25, 0.3) is 0 Å². The largest absolute Gasteiger partial charge is 0.492 e. The Morgan fingerprint density at radius 2 is 2.19 bits per heavy atom. The van der Waals surface area contributed by atoms with Crippen molar-refractivity contribution >= 4 is 17.3 Å². The molecule has 0 fully saturated rings. The first-order chi connectivity index (χ1) is 10.1. The maximum atomic E-state index is 6.26. The quantitative estimate of drug-likeness (QED) is 0.697. The highest BCUT2D eigenvalue weighted by molar-refractivity contribution is 6.32. The van der Waals surface area contributed by atoms with Gasteiger partial charge in [-0.2, -0.15) is 0 Å². The third-order valence-electron chi connectivity index (χ3n) is 3.87. The zero-order chi connectivity index (χ0) is 15.2. The van der Waals surface area contributed by atoms with E-state index in [-0.39, 0.29) is 0 Å². The lowest BCUT2D eigenvalue weighted by molar-refractivity contribution is 0.317. The van der Waals surface area contributed by atoms with Crippen molar-refractivity contribution in [1.82, 2.24) is 0 Å². The molecule has 0 radical (unpaired) electrons. The molecule has 1 N–H and O–H groups in total. The van der Waals surface area contributed by atoms with Gasteiger partial charge >= 0.3 is 0 Å². The lowest BCUT2D eigenvalue weighted by atomic mass is 9.84. The number of hydrogen-bond donors (Lipinski definition) is 1. The Bertz CT molecular complexity index is 498. The van der Waals surface area contributed by atoms with Gasteiger partial charge in [0.1, 0.15) is 5.75 Å². The van der Waals surface area contributed by atoms with E-state index < -0.39 is 0 Å².